The monoisotopic (exact) mass is 307 g/mol. The molecule has 1 nitrogen and oxygen atoms in total. The highest BCUT2D eigenvalue weighted by Crippen LogP contribution is 2.41. The van der Waals surface area contributed by atoms with Crippen molar-refractivity contribution in [2.45, 2.75) is 31.5 Å². The van der Waals surface area contributed by atoms with Crippen molar-refractivity contribution in [2.24, 2.45) is 11.7 Å². The van der Waals surface area contributed by atoms with E-state index < -0.39 is 17.8 Å². The van der Waals surface area contributed by atoms with E-state index in [9.17, 15) is 13.2 Å². The van der Waals surface area contributed by atoms with Gasteiger partial charge in [0.05, 0.1) is 5.56 Å². The third-order valence-electron chi connectivity index (χ3n) is 3.00. The van der Waals surface area contributed by atoms with E-state index in [2.05, 4.69) is 15.9 Å². The van der Waals surface area contributed by atoms with Crippen LogP contribution in [0.4, 0.5) is 13.2 Å². The summed E-state index contributed by atoms with van der Waals surface area (Å²) in [5.41, 5.74) is 5.44. The van der Waals surface area contributed by atoms with Gasteiger partial charge in [0.2, 0.25) is 0 Å². The minimum Gasteiger partial charge on any atom is -0.324 e. The zero-order chi connectivity index (χ0) is 12.6. The lowest BCUT2D eigenvalue weighted by Gasteiger charge is -2.18. The predicted octanol–water partition coefficient (Wildman–Crippen LogP) is 4.27. The first-order valence-corrected chi connectivity index (χ1v) is 6.29. The van der Waals surface area contributed by atoms with Crippen LogP contribution >= 0.6 is 15.9 Å². The molecular weight excluding hydrogens is 295 g/mol. The Bertz CT molecular complexity index is 413. The van der Waals surface area contributed by atoms with Crippen molar-refractivity contribution in [2.75, 3.05) is 0 Å². The fraction of sp³-hybridized carbons (Fsp3) is 0.500. The molecule has 1 aromatic rings. The second kappa shape index (κ2) is 4.61. The molecule has 94 valence electrons. The summed E-state index contributed by atoms with van der Waals surface area (Å²) in [6.07, 6.45) is -1.53. The van der Waals surface area contributed by atoms with Crippen LogP contribution in [0.1, 0.15) is 36.4 Å². The van der Waals surface area contributed by atoms with Crippen LogP contribution in [0.25, 0.3) is 0 Å². The summed E-state index contributed by atoms with van der Waals surface area (Å²) in [5, 5.41) is 0. The quantitative estimate of drug-likeness (QED) is 0.887. The highest BCUT2D eigenvalue weighted by atomic mass is 79.9. The number of rotatable bonds is 3. The number of alkyl halides is 3. The summed E-state index contributed by atoms with van der Waals surface area (Å²) in [6.45, 7) is 0. The van der Waals surface area contributed by atoms with Crippen molar-refractivity contribution in [1.82, 2.24) is 0 Å². The molecule has 1 aromatic carbocycles. The van der Waals surface area contributed by atoms with Gasteiger partial charge in [-0.3, -0.25) is 0 Å². The summed E-state index contributed by atoms with van der Waals surface area (Å²) in [4.78, 5) is 0. The smallest absolute Gasteiger partial charge is 0.324 e. The van der Waals surface area contributed by atoms with E-state index in [1.165, 1.54) is 6.07 Å². The summed E-state index contributed by atoms with van der Waals surface area (Å²) < 4.78 is 39.0. The van der Waals surface area contributed by atoms with Gasteiger partial charge >= 0.3 is 6.18 Å². The molecular formula is C12H13BrF3N. The first-order valence-electron chi connectivity index (χ1n) is 5.50. The first kappa shape index (κ1) is 12.9. The number of nitrogens with two attached hydrogens (primary N) is 1. The van der Waals surface area contributed by atoms with Gasteiger partial charge in [-0.2, -0.15) is 13.2 Å². The van der Waals surface area contributed by atoms with E-state index >= 15 is 0 Å². The van der Waals surface area contributed by atoms with Gasteiger partial charge in [0.25, 0.3) is 0 Å². The lowest BCUT2D eigenvalue weighted by molar-refractivity contribution is -0.138. The van der Waals surface area contributed by atoms with Gasteiger partial charge in [0.15, 0.2) is 0 Å². The van der Waals surface area contributed by atoms with Gasteiger partial charge in [-0.15, -0.1) is 0 Å². The third-order valence-corrected chi connectivity index (χ3v) is 3.50. The maximum absolute atomic E-state index is 12.9. The molecule has 5 heteroatoms. The van der Waals surface area contributed by atoms with Crippen LogP contribution in [-0.2, 0) is 6.18 Å². The Morgan fingerprint density at radius 1 is 1.35 bits per heavy atom. The molecule has 1 fully saturated rings. The Kier molecular flexibility index (Phi) is 3.50. The standard InChI is InChI=1S/C12H13BrF3N/c13-8-3-4-9(10(6-8)12(14,15)16)11(17)5-7-1-2-7/h3-4,6-7,11H,1-2,5,17H2. The molecule has 0 radical (unpaired) electrons. The lowest BCUT2D eigenvalue weighted by Crippen LogP contribution is -2.18. The molecule has 1 atom stereocenters. The fourth-order valence-corrected chi connectivity index (χ4v) is 2.30. The molecule has 0 heterocycles. The van der Waals surface area contributed by atoms with E-state index in [-0.39, 0.29) is 5.56 Å². The van der Waals surface area contributed by atoms with Crippen molar-refractivity contribution in [3.63, 3.8) is 0 Å². The molecule has 1 saturated carbocycles. The maximum Gasteiger partial charge on any atom is 0.416 e. The molecule has 17 heavy (non-hydrogen) atoms. The van der Waals surface area contributed by atoms with Crippen LogP contribution in [0.5, 0.6) is 0 Å². The van der Waals surface area contributed by atoms with E-state index in [0.717, 1.165) is 18.9 Å². The van der Waals surface area contributed by atoms with Gasteiger partial charge < -0.3 is 5.73 Å². The highest BCUT2D eigenvalue weighted by molar-refractivity contribution is 9.10. The summed E-state index contributed by atoms with van der Waals surface area (Å²) in [7, 11) is 0. The van der Waals surface area contributed by atoms with Crippen LogP contribution in [0.15, 0.2) is 22.7 Å². The molecule has 2 N–H and O–H groups in total. The largest absolute Gasteiger partial charge is 0.416 e. The Balaban J connectivity index is 2.30. The Morgan fingerprint density at radius 2 is 2.00 bits per heavy atom. The molecule has 1 aliphatic carbocycles. The topological polar surface area (TPSA) is 26.0 Å². The zero-order valence-corrected chi connectivity index (χ0v) is 10.7. The summed E-state index contributed by atoms with van der Waals surface area (Å²) in [6, 6.07) is 3.66. The van der Waals surface area contributed by atoms with Crippen molar-refractivity contribution >= 4 is 15.9 Å². The van der Waals surface area contributed by atoms with Gasteiger partial charge in [0.1, 0.15) is 0 Å². The van der Waals surface area contributed by atoms with E-state index in [0.29, 0.717) is 16.8 Å². The molecule has 1 unspecified atom stereocenters. The molecule has 1 aliphatic rings. The second-order valence-electron chi connectivity index (χ2n) is 4.51. The van der Waals surface area contributed by atoms with E-state index in [4.69, 9.17) is 5.73 Å². The number of hydrogen-bond donors (Lipinski definition) is 1. The number of benzene rings is 1. The van der Waals surface area contributed by atoms with Crippen LogP contribution in [0.2, 0.25) is 0 Å². The SMILES string of the molecule is NC(CC1CC1)c1ccc(Br)cc1C(F)(F)F. The average molecular weight is 308 g/mol. The second-order valence-corrected chi connectivity index (χ2v) is 5.43. The maximum atomic E-state index is 12.9. The minimum atomic E-state index is -4.35. The Morgan fingerprint density at radius 3 is 2.53 bits per heavy atom. The van der Waals surface area contributed by atoms with Gasteiger partial charge in [-0.25, -0.2) is 0 Å². The lowest BCUT2D eigenvalue weighted by atomic mass is 9.96. The molecule has 0 spiro atoms. The molecule has 0 aliphatic heterocycles. The highest BCUT2D eigenvalue weighted by Gasteiger charge is 2.36. The van der Waals surface area contributed by atoms with Crippen molar-refractivity contribution in [3.8, 4) is 0 Å². The first-order chi connectivity index (χ1) is 7.88. The third kappa shape index (κ3) is 3.22. The minimum absolute atomic E-state index is 0.201. The molecule has 0 amide bonds. The van der Waals surface area contributed by atoms with Crippen LogP contribution in [-0.4, -0.2) is 0 Å². The number of halogens is 4. The number of hydrogen-bond acceptors (Lipinski definition) is 1. The zero-order valence-electron chi connectivity index (χ0n) is 9.10. The van der Waals surface area contributed by atoms with Crippen molar-refractivity contribution < 1.29 is 13.2 Å². The van der Waals surface area contributed by atoms with E-state index in [1.54, 1.807) is 6.07 Å². The van der Waals surface area contributed by atoms with Gasteiger partial charge in [-0.1, -0.05) is 34.8 Å². The summed E-state index contributed by atoms with van der Waals surface area (Å²) >= 11 is 3.06. The fourth-order valence-electron chi connectivity index (χ4n) is 1.94. The summed E-state index contributed by atoms with van der Waals surface area (Å²) in [5.74, 6) is 0.509. The Hall–Kier alpha value is -0.550. The van der Waals surface area contributed by atoms with E-state index in [1.807, 2.05) is 0 Å². The molecule has 0 bridgehead atoms. The van der Waals surface area contributed by atoms with Crippen LogP contribution < -0.4 is 5.73 Å². The molecule has 2 rings (SSSR count). The van der Waals surface area contributed by atoms with Gasteiger partial charge in [-0.05, 0) is 30.0 Å². The molecule has 0 aromatic heterocycles. The van der Waals surface area contributed by atoms with Crippen molar-refractivity contribution in [3.05, 3.63) is 33.8 Å². The normalized spacial score (nSPS) is 18.2. The van der Waals surface area contributed by atoms with Crippen LogP contribution in [0, 0.1) is 5.92 Å². The average Bonchev–Trinajstić information content (AvgIpc) is 3.00. The van der Waals surface area contributed by atoms with Crippen LogP contribution in [0.3, 0.4) is 0 Å². The van der Waals surface area contributed by atoms with Gasteiger partial charge in [0, 0.05) is 10.5 Å². The molecule has 0 saturated heterocycles. The Labute approximate surface area is 106 Å². The van der Waals surface area contributed by atoms with Crippen molar-refractivity contribution in [1.29, 1.82) is 0 Å². The predicted molar refractivity (Wildman–Crippen MR) is 63.4 cm³/mol.